The molecule has 1 saturated carbocycles. The molecule has 2 N–H and O–H groups in total. The van der Waals surface area contributed by atoms with E-state index in [0.29, 0.717) is 19.8 Å². The van der Waals surface area contributed by atoms with Gasteiger partial charge >= 0.3 is 6.03 Å². The molecule has 2 amide bonds. The number of carbonyl (C=O) groups is 1. The summed E-state index contributed by atoms with van der Waals surface area (Å²) in [5.41, 5.74) is 3.53. The van der Waals surface area contributed by atoms with Gasteiger partial charge in [-0.15, -0.1) is 0 Å². The standard InChI is InChI=1S/C23H30N2O3.C5H10/c1-4-17-6-8-18(9-7-17)15-24-23(26)25-20(5-2)16(3)19-10-11-21-22(14-19)28-13-12-27-21;1-2-4-5-3-1/h6-11,14,16,20H,4-5,12-13,15H2,1-3H3,(H2,24,25,26);1-5H2. The summed E-state index contributed by atoms with van der Waals surface area (Å²) in [4.78, 5) is 12.4. The fraction of sp³-hybridized carbons (Fsp3) is 0.536. The van der Waals surface area contributed by atoms with Gasteiger partial charge in [0.05, 0.1) is 0 Å². The zero-order chi connectivity index (χ0) is 23.5. The van der Waals surface area contributed by atoms with Crippen molar-refractivity contribution in [2.24, 2.45) is 0 Å². The second kappa shape index (κ2) is 13.1. The minimum absolute atomic E-state index is 0.0324. The summed E-state index contributed by atoms with van der Waals surface area (Å²) in [6.45, 7) is 8.02. The second-order valence-corrected chi connectivity index (χ2v) is 8.97. The molecule has 0 aromatic heterocycles. The Morgan fingerprint density at radius 1 is 0.879 bits per heavy atom. The molecule has 4 rings (SSSR count). The van der Waals surface area contributed by atoms with E-state index >= 15 is 0 Å². The summed E-state index contributed by atoms with van der Waals surface area (Å²) < 4.78 is 11.3. The van der Waals surface area contributed by atoms with E-state index in [0.717, 1.165) is 35.5 Å². The number of amides is 2. The molecule has 2 aromatic carbocycles. The summed E-state index contributed by atoms with van der Waals surface area (Å²) >= 11 is 0. The Bertz CT molecular complexity index is 854. The molecular weight excluding hydrogens is 412 g/mol. The maximum Gasteiger partial charge on any atom is 0.315 e. The van der Waals surface area contributed by atoms with Crippen LogP contribution in [0.3, 0.4) is 0 Å². The van der Waals surface area contributed by atoms with Crippen LogP contribution in [0.2, 0.25) is 0 Å². The lowest BCUT2D eigenvalue weighted by Gasteiger charge is -2.26. The van der Waals surface area contributed by atoms with Crippen LogP contribution in [-0.4, -0.2) is 25.3 Å². The topological polar surface area (TPSA) is 59.6 Å². The van der Waals surface area contributed by atoms with Crippen LogP contribution < -0.4 is 20.1 Å². The molecule has 5 nitrogen and oxygen atoms in total. The lowest BCUT2D eigenvalue weighted by molar-refractivity contribution is 0.171. The zero-order valence-corrected chi connectivity index (χ0v) is 20.5. The smallest absolute Gasteiger partial charge is 0.315 e. The highest BCUT2D eigenvalue weighted by Crippen LogP contribution is 2.34. The quantitative estimate of drug-likeness (QED) is 0.514. The molecule has 0 bridgehead atoms. The first-order valence-electron chi connectivity index (χ1n) is 12.6. The predicted molar refractivity (Wildman–Crippen MR) is 134 cm³/mol. The average molecular weight is 453 g/mol. The van der Waals surface area contributed by atoms with E-state index in [1.165, 1.54) is 37.7 Å². The summed E-state index contributed by atoms with van der Waals surface area (Å²) in [5.74, 6) is 1.73. The van der Waals surface area contributed by atoms with Crippen LogP contribution >= 0.6 is 0 Å². The van der Waals surface area contributed by atoms with Crippen LogP contribution in [-0.2, 0) is 13.0 Å². The zero-order valence-electron chi connectivity index (χ0n) is 20.5. The number of benzene rings is 2. The molecule has 0 spiro atoms. The molecule has 1 aliphatic carbocycles. The lowest BCUT2D eigenvalue weighted by atomic mass is 9.91. The summed E-state index contributed by atoms with van der Waals surface area (Å²) in [5, 5.41) is 6.08. The Labute approximate surface area is 199 Å². The monoisotopic (exact) mass is 452 g/mol. The number of aryl methyl sites for hydroxylation is 1. The van der Waals surface area contributed by atoms with Gasteiger partial charge in [-0.05, 0) is 41.7 Å². The van der Waals surface area contributed by atoms with Crippen molar-refractivity contribution in [3.63, 3.8) is 0 Å². The van der Waals surface area contributed by atoms with Gasteiger partial charge in [0.15, 0.2) is 11.5 Å². The van der Waals surface area contributed by atoms with Crippen LogP contribution in [0.5, 0.6) is 11.5 Å². The van der Waals surface area contributed by atoms with Gasteiger partial charge < -0.3 is 20.1 Å². The van der Waals surface area contributed by atoms with Crippen molar-refractivity contribution in [3.8, 4) is 11.5 Å². The second-order valence-electron chi connectivity index (χ2n) is 8.97. The van der Waals surface area contributed by atoms with E-state index in [9.17, 15) is 4.79 Å². The normalized spacial score (nSPS) is 16.2. The van der Waals surface area contributed by atoms with E-state index < -0.39 is 0 Å². The number of hydrogen-bond acceptors (Lipinski definition) is 3. The van der Waals surface area contributed by atoms with Crippen molar-refractivity contribution >= 4 is 6.03 Å². The van der Waals surface area contributed by atoms with E-state index in [1.54, 1.807) is 0 Å². The molecule has 0 radical (unpaired) electrons. The third-order valence-electron chi connectivity index (χ3n) is 6.59. The minimum atomic E-state index is -0.143. The Kier molecular flexibility index (Phi) is 9.92. The van der Waals surface area contributed by atoms with Gasteiger partial charge in [0, 0.05) is 18.5 Å². The molecule has 2 aliphatic rings. The van der Waals surface area contributed by atoms with Crippen LogP contribution in [0.4, 0.5) is 4.79 Å². The number of hydrogen-bond donors (Lipinski definition) is 2. The number of rotatable bonds is 7. The van der Waals surface area contributed by atoms with Gasteiger partial charge in [-0.25, -0.2) is 4.79 Å². The Hall–Kier alpha value is -2.69. The first-order chi connectivity index (χ1) is 16.1. The minimum Gasteiger partial charge on any atom is -0.486 e. The van der Waals surface area contributed by atoms with E-state index in [4.69, 9.17) is 9.47 Å². The fourth-order valence-corrected chi connectivity index (χ4v) is 4.33. The Morgan fingerprint density at radius 3 is 2.09 bits per heavy atom. The average Bonchev–Trinajstić information content (AvgIpc) is 3.46. The molecule has 2 unspecified atom stereocenters. The predicted octanol–water partition coefficient (Wildman–Crippen LogP) is 6.35. The van der Waals surface area contributed by atoms with Crippen LogP contribution in [0.1, 0.15) is 81.9 Å². The van der Waals surface area contributed by atoms with Crippen LogP contribution in [0, 0.1) is 0 Å². The van der Waals surface area contributed by atoms with Gasteiger partial charge in [-0.3, -0.25) is 0 Å². The third kappa shape index (κ3) is 7.69. The molecule has 5 heteroatoms. The van der Waals surface area contributed by atoms with Crippen LogP contribution in [0.15, 0.2) is 42.5 Å². The summed E-state index contributed by atoms with van der Waals surface area (Å²) in [7, 11) is 0. The van der Waals surface area contributed by atoms with Gasteiger partial charge in [-0.1, -0.05) is 83.2 Å². The Morgan fingerprint density at radius 2 is 1.48 bits per heavy atom. The molecule has 0 saturated heterocycles. The van der Waals surface area contributed by atoms with E-state index in [-0.39, 0.29) is 18.0 Å². The Balaban J connectivity index is 0.000000541. The maximum atomic E-state index is 12.4. The molecule has 1 heterocycles. The first-order valence-corrected chi connectivity index (χ1v) is 12.6. The van der Waals surface area contributed by atoms with E-state index in [1.807, 2.05) is 12.1 Å². The molecule has 180 valence electrons. The number of ether oxygens (including phenoxy) is 2. The molecule has 1 aliphatic heterocycles. The van der Waals surface area contributed by atoms with Gasteiger partial charge in [0.1, 0.15) is 13.2 Å². The summed E-state index contributed by atoms with van der Waals surface area (Å²) in [6.07, 6.45) is 9.36. The lowest BCUT2D eigenvalue weighted by Crippen LogP contribution is -2.43. The van der Waals surface area contributed by atoms with Crippen molar-refractivity contribution in [2.75, 3.05) is 13.2 Å². The van der Waals surface area contributed by atoms with Crippen molar-refractivity contribution in [2.45, 2.75) is 84.2 Å². The van der Waals surface area contributed by atoms with Crippen molar-refractivity contribution in [1.29, 1.82) is 0 Å². The highest BCUT2D eigenvalue weighted by molar-refractivity contribution is 5.74. The van der Waals surface area contributed by atoms with Crippen molar-refractivity contribution in [1.82, 2.24) is 10.6 Å². The highest BCUT2D eigenvalue weighted by atomic mass is 16.6. The molecular formula is C28H40N2O3. The number of fused-ring (bicyclic) bond motifs is 1. The SMILES string of the molecule is C1CCCC1.CCc1ccc(CNC(=O)NC(CC)C(C)c2ccc3c(c2)OCCO3)cc1. The van der Waals surface area contributed by atoms with Crippen LogP contribution in [0.25, 0.3) is 0 Å². The van der Waals surface area contributed by atoms with Gasteiger partial charge in [0.25, 0.3) is 0 Å². The van der Waals surface area contributed by atoms with Gasteiger partial charge in [0.2, 0.25) is 0 Å². The number of urea groups is 1. The van der Waals surface area contributed by atoms with Crippen molar-refractivity contribution < 1.29 is 14.3 Å². The molecule has 2 atom stereocenters. The fourth-order valence-electron chi connectivity index (χ4n) is 4.33. The highest BCUT2D eigenvalue weighted by Gasteiger charge is 2.21. The van der Waals surface area contributed by atoms with Crippen molar-refractivity contribution in [3.05, 3.63) is 59.2 Å². The largest absolute Gasteiger partial charge is 0.486 e. The third-order valence-corrected chi connectivity index (χ3v) is 6.59. The molecule has 33 heavy (non-hydrogen) atoms. The number of carbonyl (C=O) groups excluding carboxylic acids is 1. The van der Waals surface area contributed by atoms with Gasteiger partial charge in [-0.2, -0.15) is 0 Å². The maximum absolute atomic E-state index is 12.4. The molecule has 1 fully saturated rings. The van der Waals surface area contributed by atoms with E-state index in [2.05, 4.69) is 61.7 Å². The number of nitrogens with one attached hydrogen (secondary N) is 2. The first kappa shape index (κ1) is 24.9. The summed E-state index contributed by atoms with van der Waals surface area (Å²) in [6, 6.07) is 14.3. The molecule has 2 aromatic rings.